The van der Waals surface area contributed by atoms with E-state index in [1.165, 1.54) is 11.3 Å². The molecule has 1 aliphatic rings. The fourth-order valence-corrected chi connectivity index (χ4v) is 2.48. The molecule has 1 atom stereocenters. The zero-order valence-electron chi connectivity index (χ0n) is 12.3. The standard InChI is InChI=1S/C15H25N3O/c1-4-16-9-14-10-17-12(2)8-15(14)18-6-5-7-19-13(3)11-18/h8,10,13,16H,4-7,9,11H2,1-3H3. The highest BCUT2D eigenvalue weighted by Gasteiger charge is 2.18. The molecule has 1 N–H and O–H groups in total. The molecule has 1 fully saturated rings. The summed E-state index contributed by atoms with van der Waals surface area (Å²) < 4.78 is 5.73. The summed E-state index contributed by atoms with van der Waals surface area (Å²) in [7, 11) is 0. The van der Waals surface area contributed by atoms with E-state index in [4.69, 9.17) is 4.74 Å². The van der Waals surface area contributed by atoms with Gasteiger partial charge in [-0.05, 0) is 32.9 Å². The topological polar surface area (TPSA) is 37.4 Å². The first kappa shape index (κ1) is 14.3. The van der Waals surface area contributed by atoms with Crippen LogP contribution in [-0.2, 0) is 11.3 Å². The van der Waals surface area contributed by atoms with E-state index >= 15 is 0 Å². The number of aryl methyl sites for hydroxylation is 1. The monoisotopic (exact) mass is 263 g/mol. The summed E-state index contributed by atoms with van der Waals surface area (Å²) in [5.41, 5.74) is 3.67. The predicted octanol–water partition coefficient (Wildman–Crippen LogP) is 2.11. The molecule has 2 heterocycles. The zero-order chi connectivity index (χ0) is 13.7. The maximum atomic E-state index is 5.73. The molecule has 2 rings (SSSR count). The van der Waals surface area contributed by atoms with Gasteiger partial charge in [-0.3, -0.25) is 4.98 Å². The number of hydrogen-bond acceptors (Lipinski definition) is 4. The van der Waals surface area contributed by atoms with Gasteiger partial charge in [-0.25, -0.2) is 0 Å². The molecule has 0 amide bonds. The van der Waals surface area contributed by atoms with E-state index in [1.807, 2.05) is 6.20 Å². The first-order chi connectivity index (χ1) is 9.20. The SMILES string of the molecule is CCNCc1cnc(C)cc1N1CCCOC(C)C1. The normalized spacial score (nSPS) is 20.4. The Hall–Kier alpha value is -1.13. The van der Waals surface area contributed by atoms with E-state index in [2.05, 4.69) is 42.0 Å². The molecule has 1 aliphatic heterocycles. The molecule has 0 bridgehead atoms. The van der Waals surface area contributed by atoms with Crippen molar-refractivity contribution in [2.75, 3.05) is 31.1 Å². The van der Waals surface area contributed by atoms with Gasteiger partial charge in [-0.15, -0.1) is 0 Å². The fourth-order valence-electron chi connectivity index (χ4n) is 2.48. The van der Waals surface area contributed by atoms with E-state index in [0.717, 1.165) is 44.9 Å². The summed E-state index contributed by atoms with van der Waals surface area (Å²) in [4.78, 5) is 6.88. The third-order valence-electron chi connectivity index (χ3n) is 3.46. The van der Waals surface area contributed by atoms with Crippen LogP contribution in [0.3, 0.4) is 0 Å². The van der Waals surface area contributed by atoms with Gasteiger partial charge in [0, 0.05) is 49.4 Å². The second-order valence-corrected chi connectivity index (χ2v) is 5.22. The lowest BCUT2D eigenvalue weighted by Gasteiger charge is -2.27. The van der Waals surface area contributed by atoms with Crippen LogP contribution in [0.25, 0.3) is 0 Å². The number of rotatable bonds is 4. The van der Waals surface area contributed by atoms with Gasteiger partial charge in [0.2, 0.25) is 0 Å². The summed E-state index contributed by atoms with van der Waals surface area (Å²) in [6.07, 6.45) is 3.39. The van der Waals surface area contributed by atoms with Crippen LogP contribution in [0.1, 0.15) is 31.5 Å². The molecule has 1 unspecified atom stereocenters. The lowest BCUT2D eigenvalue weighted by atomic mass is 10.1. The molecule has 1 aromatic heterocycles. The lowest BCUT2D eigenvalue weighted by molar-refractivity contribution is 0.0821. The van der Waals surface area contributed by atoms with Gasteiger partial charge in [-0.1, -0.05) is 6.92 Å². The first-order valence-corrected chi connectivity index (χ1v) is 7.23. The summed E-state index contributed by atoms with van der Waals surface area (Å²) in [5.74, 6) is 0. The van der Waals surface area contributed by atoms with Gasteiger partial charge in [0.15, 0.2) is 0 Å². The van der Waals surface area contributed by atoms with Gasteiger partial charge in [-0.2, -0.15) is 0 Å². The van der Waals surface area contributed by atoms with Crippen molar-refractivity contribution in [1.29, 1.82) is 0 Å². The van der Waals surface area contributed by atoms with Gasteiger partial charge in [0.25, 0.3) is 0 Å². The van der Waals surface area contributed by atoms with Crippen molar-refractivity contribution in [3.05, 3.63) is 23.5 Å². The molecule has 0 aliphatic carbocycles. The van der Waals surface area contributed by atoms with Crippen molar-refractivity contribution < 1.29 is 4.74 Å². The summed E-state index contributed by atoms with van der Waals surface area (Å²) >= 11 is 0. The van der Waals surface area contributed by atoms with Crippen molar-refractivity contribution >= 4 is 5.69 Å². The van der Waals surface area contributed by atoms with Crippen LogP contribution in [-0.4, -0.2) is 37.3 Å². The maximum absolute atomic E-state index is 5.73. The van der Waals surface area contributed by atoms with Gasteiger partial charge in [0.05, 0.1) is 6.10 Å². The van der Waals surface area contributed by atoms with Crippen molar-refractivity contribution in [3.8, 4) is 0 Å². The molecule has 4 nitrogen and oxygen atoms in total. The Morgan fingerprint density at radius 2 is 2.37 bits per heavy atom. The largest absolute Gasteiger partial charge is 0.377 e. The molecular weight excluding hydrogens is 238 g/mol. The number of anilines is 1. The van der Waals surface area contributed by atoms with Crippen molar-refractivity contribution in [3.63, 3.8) is 0 Å². The maximum Gasteiger partial charge on any atom is 0.0721 e. The molecule has 0 spiro atoms. The second-order valence-electron chi connectivity index (χ2n) is 5.22. The summed E-state index contributed by atoms with van der Waals surface area (Å²) in [6, 6.07) is 2.20. The molecule has 4 heteroatoms. The Morgan fingerprint density at radius 3 is 3.16 bits per heavy atom. The van der Waals surface area contributed by atoms with Gasteiger partial charge >= 0.3 is 0 Å². The number of nitrogens with zero attached hydrogens (tertiary/aromatic N) is 2. The van der Waals surface area contributed by atoms with E-state index < -0.39 is 0 Å². The lowest BCUT2D eigenvalue weighted by Crippen LogP contribution is -2.31. The highest BCUT2D eigenvalue weighted by Crippen LogP contribution is 2.23. The van der Waals surface area contributed by atoms with E-state index in [-0.39, 0.29) is 0 Å². The number of aromatic nitrogens is 1. The van der Waals surface area contributed by atoms with Crippen molar-refractivity contribution in [1.82, 2.24) is 10.3 Å². The predicted molar refractivity (Wildman–Crippen MR) is 78.6 cm³/mol. The summed E-state index contributed by atoms with van der Waals surface area (Å²) in [5, 5.41) is 3.39. The molecule has 19 heavy (non-hydrogen) atoms. The minimum atomic E-state index is 0.294. The molecule has 1 saturated heterocycles. The van der Waals surface area contributed by atoms with Crippen LogP contribution < -0.4 is 10.2 Å². The van der Waals surface area contributed by atoms with Crippen LogP contribution >= 0.6 is 0 Å². The Morgan fingerprint density at radius 1 is 1.53 bits per heavy atom. The number of ether oxygens (including phenoxy) is 1. The van der Waals surface area contributed by atoms with Crippen LogP contribution in [0.4, 0.5) is 5.69 Å². The molecule has 0 radical (unpaired) electrons. The molecular formula is C15H25N3O. The zero-order valence-corrected chi connectivity index (χ0v) is 12.3. The molecule has 1 aromatic rings. The third-order valence-corrected chi connectivity index (χ3v) is 3.46. The minimum Gasteiger partial charge on any atom is -0.377 e. The quantitative estimate of drug-likeness (QED) is 0.903. The Kier molecular flexibility index (Phi) is 5.16. The highest BCUT2D eigenvalue weighted by molar-refractivity contribution is 5.54. The van der Waals surface area contributed by atoms with Crippen LogP contribution in [0.2, 0.25) is 0 Å². The first-order valence-electron chi connectivity index (χ1n) is 7.23. The van der Waals surface area contributed by atoms with Gasteiger partial charge in [0.1, 0.15) is 0 Å². The number of nitrogens with one attached hydrogen (secondary N) is 1. The average molecular weight is 263 g/mol. The molecule has 0 aromatic carbocycles. The molecule has 0 saturated carbocycles. The average Bonchev–Trinajstić information content (AvgIpc) is 2.62. The van der Waals surface area contributed by atoms with Crippen molar-refractivity contribution in [2.24, 2.45) is 0 Å². The number of hydrogen-bond donors (Lipinski definition) is 1. The van der Waals surface area contributed by atoms with Crippen LogP contribution in [0.5, 0.6) is 0 Å². The van der Waals surface area contributed by atoms with E-state index in [9.17, 15) is 0 Å². The third kappa shape index (κ3) is 3.91. The highest BCUT2D eigenvalue weighted by atomic mass is 16.5. The van der Waals surface area contributed by atoms with Crippen LogP contribution in [0.15, 0.2) is 12.3 Å². The minimum absolute atomic E-state index is 0.294. The van der Waals surface area contributed by atoms with Crippen LogP contribution in [0, 0.1) is 6.92 Å². The Bertz CT molecular complexity index is 408. The van der Waals surface area contributed by atoms with Gasteiger partial charge < -0.3 is 15.0 Å². The van der Waals surface area contributed by atoms with Crippen molar-refractivity contribution in [2.45, 2.75) is 39.8 Å². The van der Waals surface area contributed by atoms with E-state index in [0.29, 0.717) is 6.10 Å². The Labute approximate surface area is 116 Å². The fraction of sp³-hybridized carbons (Fsp3) is 0.667. The summed E-state index contributed by atoms with van der Waals surface area (Å²) in [6.45, 7) is 11.1. The number of pyridine rings is 1. The van der Waals surface area contributed by atoms with E-state index in [1.54, 1.807) is 0 Å². The molecule has 106 valence electrons. The Balaban J connectivity index is 2.22. The smallest absolute Gasteiger partial charge is 0.0721 e. The second kappa shape index (κ2) is 6.87.